The molecule has 2 fully saturated rings. The Morgan fingerprint density at radius 2 is 0.559 bits per heavy atom. The van der Waals surface area contributed by atoms with Crippen LogP contribution in [-0.2, 0) is 32.5 Å². The number of aromatic hydroxyl groups is 4. The molecule has 320 valence electrons. The van der Waals surface area contributed by atoms with Crippen molar-refractivity contribution in [2.75, 3.05) is 0 Å². The Kier molecular flexibility index (Phi) is 11.5. The zero-order valence-electron chi connectivity index (χ0n) is 39.0. The topological polar surface area (TPSA) is 80.9 Å². The van der Waals surface area contributed by atoms with Gasteiger partial charge in [0.1, 0.15) is 23.0 Å². The molecular weight excluding hydrogens is 725 g/mol. The predicted molar refractivity (Wildman–Crippen MR) is 246 cm³/mol. The summed E-state index contributed by atoms with van der Waals surface area (Å²) in [7, 11) is 0. The van der Waals surface area contributed by atoms with E-state index in [1.54, 1.807) is 0 Å². The Morgan fingerprint density at radius 3 is 0.746 bits per heavy atom. The van der Waals surface area contributed by atoms with Gasteiger partial charge in [-0.2, -0.15) is 0 Å². The lowest BCUT2D eigenvalue weighted by molar-refractivity contribution is 0.0364. The number of hydrogen-bond acceptors (Lipinski definition) is 4. The van der Waals surface area contributed by atoms with E-state index < -0.39 is 0 Å². The first kappa shape index (κ1) is 44.6. The van der Waals surface area contributed by atoms with Crippen LogP contribution in [0.4, 0.5) is 0 Å². The molecule has 0 unspecified atom stereocenters. The van der Waals surface area contributed by atoms with Crippen molar-refractivity contribution >= 4 is 0 Å². The maximum Gasteiger partial charge on any atom is 0.119 e. The highest BCUT2D eigenvalue weighted by Crippen LogP contribution is 2.58. The van der Waals surface area contributed by atoms with E-state index in [0.29, 0.717) is 34.8 Å². The molecule has 0 radical (unpaired) electrons. The Bertz CT molecular complexity index is 1860. The molecule has 6 rings (SSSR count). The van der Waals surface area contributed by atoms with Crippen LogP contribution in [0.25, 0.3) is 0 Å². The molecule has 2 saturated carbocycles. The van der Waals surface area contributed by atoms with Crippen molar-refractivity contribution in [3.63, 3.8) is 0 Å². The van der Waals surface area contributed by atoms with E-state index in [4.69, 9.17) is 0 Å². The number of rotatable bonds is 6. The van der Waals surface area contributed by atoms with Gasteiger partial charge >= 0.3 is 0 Å². The van der Waals surface area contributed by atoms with Crippen LogP contribution < -0.4 is 0 Å². The standard InChI is InChI=1S/C55H76O4/c1-49(2,3)41-31-37(15-19-45(41)56)54(38-16-20-46(57)42(32-38)50(4,5)6)27-23-35(24-28-54)53(13,14)36-25-29-55(30-26-36,39-17-21-47(58)43(33-39)51(7,8)9)40-18-22-48(59)44(34-40)52(10,11)12/h15-22,31-36,56-59H,23-30H2,1-14H3. The molecule has 0 saturated heterocycles. The summed E-state index contributed by atoms with van der Waals surface area (Å²) in [6.45, 7) is 31.1. The molecule has 4 heteroatoms. The third-order valence-electron chi connectivity index (χ3n) is 15.2. The smallest absolute Gasteiger partial charge is 0.119 e. The zero-order chi connectivity index (χ0) is 43.7. The molecule has 0 spiro atoms. The summed E-state index contributed by atoms with van der Waals surface area (Å²) >= 11 is 0. The highest BCUT2D eigenvalue weighted by Gasteiger charge is 2.49. The van der Waals surface area contributed by atoms with Crippen molar-refractivity contribution in [1.82, 2.24) is 0 Å². The monoisotopic (exact) mass is 801 g/mol. The minimum atomic E-state index is -0.233. The molecule has 4 nitrogen and oxygen atoms in total. The van der Waals surface area contributed by atoms with Gasteiger partial charge in [0.05, 0.1) is 0 Å². The normalized spacial score (nSPS) is 18.5. The van der Waals surface area contributed by atoms with Crippen molar-refractivity contribution < 1.29 is 20.4 Å². The molecule has 2 aliphatic carbocycles. The lowest BCUT2D eigenvalue weighted by atomic mass is 9.52. The molecule has 4 aromatic carbocycles. The fraction of sp³-hybridized carbons (Fsp3) is 0.564. The van der Waals surface area contributed by atoms with E-state index in [2.05, 4.69) is 145 Å². The third kappa shape index (κ3) is 8.41. The second-order valence-electron chi connectivity index (χ2n) is 23.5. The predicted octanol–water partition coefficient (Wildman–Crippen LogP) is 14.4. The maximum atomic E-state index is 11.1. The molecule has 4 aromatic rings. The van der Waals surface area contributed by atoms with Gasteiger partial charge in [-0.3, -0.25) is 0 Å². The van der Waals surface area contributed by atoms with Crippen LogP contribution in [0, 0.1) is 17.3 Å². The highest BCUT2D eigenvalue weighted by molar-refractivity contribution is 5.53. The van der Waals surface area contributed by atoms with Gasteiger partial charge in [-0.15, -0.1) is 0 Å². The van der Waals surface area contributed by atoms with Crippen molar-refractivity contribution in [3.8, 4) is 23.0 Å². The average molecular weight is 801 g/mol. The van der Waals surface area contributed by atoms with E-state index in [0.717, 1.165) is 73.6 Å². The van der Waals surface area contributed by atoms with Gasteiger partial charge in [-0.1, -0.05) is 145 Å². The molecule has 4 N–H and O–H groups in total. The van der Waals surface area contributed by atoms with Crippen LogP contribution in [0.3, 0.4) is 0 Å². The van der Waals surface area contributed by atoms with E-state index in [9.17, 15) is 20.4 Å². The summed E-state index contributed by atoms with van der Waals surface area (Å²) in [4.78, 5) is 0. The number of phenolic OH excluding ortho intramolecular Hbond substituents is 4. The molecule has 2 aliphatic rings. The molecule has 0 aromatic heterocycles. The number of benzene rings is 4. The van der Waals surface area contributed by atoms with E-state index in [1.165, 1.54) is 22.3 Å². The van der Waals surface area contributed by atoms with Crippen LogP contribution in [0.15, 0.2) is 72.8 Å². The fourth-order valence-electron chi connectivity index (χ4n) is 11.3. The second kappa shape index (κ2) is 15.2. The SMILES string of the molecule is CC(C)(C)c1cc(C2(c3ccc(O)c(C(C)(C)C)c3)CCC(C(C)(C)C3CCC(c4ccc(O)c(C(C)(C)C)c4)(c4ccc(O)c(C(C)(C)C)c4)CC3)CC2)ccc1O. The Balaban J connectivity index is 1.35. The van der Waals surface area contributed by atoms with Gasteiger partial charge in [-0.25, -0.2) is 0 Å². The summed E-state index contributed by atoms with van der Waals surface area (Å²) in [5.74, 6) is 2.51. The average Bonchev–Trinajstić information content (AvgIpc) is 3.13. The maximum absolute atomic E-state index is 11.1. The molecule has 0 amide bonds. The summed E-state index contributed by atoms with van der Waals surface area (Å²) in [6.07, 6.45) is 8.44. The van der Waals surface area contributed by atoms with Crippen LogP contribution in [0.5, 0.6) is 23.0 Å². The van der Waals surface area contributed by atoms with Gasteiger partial charge < -0.3 is 20.4 Å². The van der Waals surface area contributed by atoms with Crippen molar-refractivity contribution in [2.45, 2.75) is 181 Å². The Hall–Kier alpha value is -3.92. The van der Waals surface area contributed by atoms with Crippen molar-refractivity contribution in [1.29, 1.82) is 0 Å². The van der Waals surface area contributed by atoms with Crippen LogP contribution in [0.2, 0.25) is 0 Å². The van der Waals surface area contributed by atoms with E-state index in [-0.39, 0.29) is 37.9 Å². The van der Waals surface area contributed by atoms with E-state index in [1.807, 2.05) is 24.3 Å². The largest absolute Gasteiger partial charge is 0.508 e. The molecular formula is C55H76O4. The number of phenols is 4. The minimum absolute atomic E-state index is 0.117. The summed E-state index contributed by atoms with van der Waals surface area (Å²) in [6, 6.07) is 25.3. The Labute approximate surface area is 357 Å². The van der Waals surface area contributed by atoms with Crippen LogP contribution >= 0.6 is 0 Å². The van der Waals surface area contributed by atoms with Crippen molar-refractivity contribution in [2.24, 2.45) is 17.3 Å². The minimum Gasteiger partial charge on any atom is -0.508 e. The summed E-state index contributed by atoms with van der Waals surface area (Å²) in [5.41, 5.74) is 7.78. The van der Waals surface area contributed by atoms with Crippen LogP contribution in [0.1, 0.15) is 193 Å². The molecule has 59 heavy (non-hydrogen) atoms. The number of hydrogen-bond donors (Lipinski definition) is 4. The first-order chi connectivity index (χ1) is 27.1. The first-order valence-corrected chi connectivity index (χ1v) is 22.5. The second-order valence-corrected chi connectivity index (χ2v) is 23.5. The van der Waals surface area contributed by atoms with Gasteiger partial charge in [0.15, 0.2) is 0 Å². The lowest BCUT2D eigenvalue weighted by Gasteiger charge is -2.52. The van der Waals surface area contributed by atoms with Crippen molar-refractivity contribution in [3.05, 3.63) is 117 Å². The summed E-state index contributed by atoms with van der Waals surface area (Å²) in [5, 5.41) is 44.2. The third-order valence-corrected chi connectivity index (χ3v) is 15.2. The van der Waals surface area contributed by atoms with Crippen LogP contribution in [-0.4, -0.2) is 20.4 Å². The molecule has 0 aliphatic heterocycles. The van der Waals surface area contributed by atoms with Gasteiger partial charge in [-0.05, 0) is 159 Å². The summed E-state index contributed by atoms with van der Waals surface area (Å²) < 4.78 is 0. The van der Waals surface area contributed by atoms with Gasteiger partial charge in [0.2, 0.25) is 0 Å². The molecule has 0 atom stereocenters. The molecule has 0 bridgehead atoms. The highest BCUT2D eigenvalue weighted by atomic mass is 16.3. The fourth-order valence-corrected chi connectivity index (χ4v) is 11.3. The Morgan fingerprint density at radius 1 is 0.356 bits per heavy atom. The first-order valence-electron chi connectivity index (χ1n) is 22.5. The molecule has 0 heterocycles. The van der Waals surface area contributed by atoms with E-state index >= 15 is 0 Å². The quantitative estimate of drug-likeness (QED) is 0.157. The lowest BCUT2D eigenvalue weighted by Crippen LogP contribution is -2.43. The van der Waals surface area contributed by atoms with Gasteiger partial charge in [0.25, 0.3) is 0 Å². The zero-order valence-corrected chi connectivity index (χ0v) is 39.0. The van der Waals surface area contributed by atoms with Gasteiger partial charge in [0, 0.05) is 10.8 Å².